The molecular weight excluding hydrogens is 150 g/mol. The van der Waals surface area contributed by atoms with Gasteiger partial charge in [0.15, 0.2) is 0 Å². The van der Waals surface area contributed by atoms with Crippen LogP contribution < -0.4 is 5.32 Å². The van der Waals surface area contributed by atoms with Crippen molar-refractivity contribution in [3.8, 4) is 0 Å². The summed E-state index contributed by atoms with van der Waals surface area (Å²) in [4.78, 5) is 0. The summed E-state index contributed by atoms with van der Waals surface area (Å²) in [7, 11) is 1.71. The summed E-state index contributed by atoms with van der Waals surface area (Å²) in [5.41, 5.74) is 2.44. The van der Waals surface area contributed by atoms with Crippen LogP contribution in [0.1, 0.15) is 5.56 Å². The molecule has 0 aliphatic heterocycles. The molecule has 1 aromatic rings. The molecule has 0 radical (unpaired) electrons. The lowest BCUT2D eigenvalue weighted by Crippen LogP contribution is -2.07. The Hall–Kier alpha value is -1.02. The number of methoxy groups -OCH3 is 1. The summed E-state index contributed by atoms with van der Waals surface area (Å²) >= 11 is 0. The Morgan fingerprint density at radius 1 is 1.25 bits per heavy atom. The van der Waals surface area contributed by atoms with Gasteiger partial charge in [0, 0.05) is 19.3 Å². The zero-order valence-electron chi connectivity index (χ0n) is 7.63. The van der Waals surface area contributed by atoms with Gasteiger partial charge in [0.2, 0.25) is 0 Å². The third-order valence-corrected chi connectivity index (χ3v) is 1.69. The summed E-state index contributed by atoms with van der Waals surface area (Å²) in [6.45, 7) is 3.69. The SMILES string of the molecule is COCCNc1ccc(C)cc1. The number of ether oxygens (including phenoxy) is 1. The maximum absolute atomic E-state index is 4.92. The van der Waals surface area contributed by atoms with E-state index in [1.54, 1.807) is 7.11 Å². The van der Waals surface area contributed by atoms with Crippen LogP contribution in [-0.2, 0) is 4.74 Å². The van der Waals surface area contributed by atoms with E-state index < -0.39 is 0 Å². The van der Waals surface area contributed by atoms with E-state index in [4.69, 9.17) is 4.74 Å². The highest BCUT2D eigenvalue weighted by atomic mass is 16.5. The van der Waals surface area contributed by atoms with Gasteiger partial charge in [0.1, 0.15) is 0 Å². The fraction of sp³-hybridized carbons (Fsp3) is 0.400. The zero-order chi connectivity index (χ0) is 8.81. The van der Waals surface area contributed by atoms with Gasteiger partial charge in [-0.05, 0) is 19.1 Å². The average Bonchev–Trinajstić information content (AvgIpc) is 2.09. The molecule has 0 spiro atoms. The quantitative estimate of drug-likeness (QED) is 0.689. The molecule has 0 unspecified atom stereocenters. The third-order valence-electron chi connectivity index (χ3n) is 1.69. The monoisotopic (exact) mass is 165 g/mol. The molecule has 1 N–H and O–H groups in total. The molecule has 0 aliphatic rings. The van der Waals surface area contributed by atoms with Crippen molar-refractivity contribution in [1.82, 2.24) is 0 Å². The molecule has 0 saturated heterocycles. The standard InChI is InChI=1S/C10H15NO/c1-9-3-5-10(6-4-9)11-7-8-12-2/h3-6,11H,7-8H2,1-2H3. The van der Waals surface area contributed by atoms with Crippen molar-refractivity contribution in [3.05, 3.63) is 29.8 Å². The van der Waals surface area contributed by atoms with E-state index in [9.17, 15) is 0 Å². The van der Waals surface area contributed by atoms with Crippen LogP contribution in [0.4, 0.5) is 5.69 Å². The minimum Gasteiger partial charge on any atom is -0.383 e. The van der Waals surface area contributed by atoms with Crippen molar-refractivity contribution in [2.75, 3.05) is 25.6 Å². The van der Waals surface area contributed by atoms with Crippen LogP contribution in [0.2, 0.25) is 0 Å². The number of benzene rings is 1. The minimum atomic E-state index is 0.744. The van der Waals surface area contributed by atoms with E-state index in [-0.39, 0.29) is 0 Å². The van der Waals surface area contributed by atoms with Crippen LogP contribution in [0.5, 0.6) is 0 Å². The Labute approximate surface area is 73.6 Å². The van der Waals surface area contributed by atoms with Crippen molar-refractivity contribution in [1.29, 1.82) is 0 Å². The fourth-order valence-corrected chi connectivity index (χ4v) is 0.969. The molecule has 0 bridgehead atoms. The number of rotatable bonds is 4. The van der Waals surface area contributed by atoms with Gasteiger partial charge < -0.3 is 10.1 Å². The number of aryl methyl sites for hydroxylation is 1. The van der Waals surface area contributed by atoms with Gasteiger partial charge in [-0.1, -0.05) is 17.7 Å². The highest BCUT2D eigenvalue weighted by Gasteiger charge is 1.89. The normalized spacial score (nSPS) is 9.83. The Morgan fingerprint density at radius 2 is 1.92 bits per heavy atom. The largest absolute Gasteiger partial charge is 0.383 e. The van der Waals surface area contributed by atoms with E-state index in [1.165, 1.54) is 5.56 Å². The van der Waals surface area contributed by atoms with Gasteiger partial charge >= 0.3 is 0 Å². The van der Waals surface area contributed by atoms with Crippen molar-refractivity contribution in [3.63, 3.8) is 0 Å². The summed E-state index contributed by atoms with van der Waals surface area (Å²) in [5.74, 6) is 0. The van der Waals surface area contributed by atoms with Crippen molar-refractivity contribution >= 4 is 5.69 Å². The number of anilines is 1. The van der Waals surface area contributed by atoms with Gasteiger partial charge in [-0.3, -0.25) is 0 Å². The lowest BCUT2D eigenvalue weighted by Gasteiger charge is -2.04. The smallest absolute Gasteiger partial charge is 0.0635 e. The molecule has 66 valence electrons. The van der Waals surface area contributed by atoms with Gasteiger partial charge in [-0.2, -0.15) is 0 Å². The van der Waals surface area contributed by atoms with Gasteiger partial charge in [-0.25, -0.2) is 0 Å². The maximum atomic E-state index is 4.92. The lowest BCUT2D eigenvalue weighted by atomic mass is 10.2. The van der Waals surface area contributed by atoms with Gasteiger partial charge in [0.05, 0.1) is 6.61 Å². The topological polar surface area (TPSA) is 21.3 Å². The molecule has 0 fully saturated rings. The Bertz CT molecular complexity index is 218. The molecule has 12 heavy (non-hydrogen) atoms. The molecule has 0 aromatic heterocycles. The molecule has 0 saturated carbocycles. The third kappa shape index (κ3) is 2.93. The first kappa shape index (κ1) is 9.07. The number of hydrogen-bond acceptors (Lipinski definition) is 2. The van der Waals surface area contributed by atoms with Crippen LogP contribution in [0.15, 0.2) is 24.3 Å². The molecule has 0 aliphatic carbocycles. The first-order chi connectivity index (χ1) is 5.83. The minimum absolute atomic E-state index is 0.744. The van der Waals surface area contributed by atoms with Crippen molar-refractivity contribution < 1.29 is 4.74 Å². The van der Waals surface area contributed by atoms with E-state index in [1.807, 2.05) is 0 Å². The second-order valence-electron chi connectivity index (χ2n) is 2.79. The summed E-state index contributed by atoms with van der Waals surface area (Å²) in [6, 6.07) is 8.33. The maximum Gasteiger partial charge on any atom is 0.0635 e. The highest BCUT2D eigenvalue weighted by Crippen LogP contribution is 2.07. The Balaban J connectivity index is 2.37. The number of nitrogens with one attached hydrogen (secondary N) is 1. The fourth-order valence-electron chi connectivity index (χ4n) is 0.969. The molecule has 0 heterocycles. The molecule has 1 aromatic carbocycles. The molecule has 1 rings (SSSR count). The summed E-state index contributed by atoms with van der Waals surface area (Å²) in [6.07, 6.45) is 0. The molecular formula is C10H15NO. The second kappa shape index (κ2) is 4.78. The van der Waals surface area contributed by atoms with Crippen LogP contribution in [0, 0.1) is 6.92 Å². The molecule has 2 nitrogen and oxygen atoms in total. The summed E-state index contributed by atoms with van der Waals surface area (Å²) < 4.78 is 4.92. The first-order valence-corrected chi connectivity index (χ1v) is 4.12. The van der Waals surface area contributed by atoms with E-state index in [0.717, 1.165) is 18.8 Å². The van der Waals surface area contributed by atoms with E-state index >= 15 is 0 Å². The molecule has 0 amide bonds. The summed E-state index contributed by atoms with van der Waals surface area (Å²) in [5, 5.41) is 3.25. The Kier molecular flexibility index (Phi) is 3.61. The Morgan fingerprint density at radius 3 is 2.50 bits per heavy atom. The van der Waals surface area contributed by atoms with E-state index in [2.05, 4.69) is 36.5 Å². The van der Waals surface area contributed by atoms with Gasteiger partial charge in [-0.15, -0.1) is 0 Å². The zero-order valence-corrected chi connectivity index (χ0v) is 7.63. The predicted octanol–water partition coefficient (Wildman–Crippen LogP) is 2.05. The predicted molar refractivity (Wildman–Crippen MR) is 51.5 cm³/mol. The highest BCUT2D eigenvalue weighted by molar-refractivity contribution is 5.44. The van der Waals surface area contributed by atoms with Crippen LogP contribution in [0.3, 0.4) is 0 Å². The van der Waals surface area contributed by atoms with E-state index in [0.29, 0.717) is 0 Å². The first-order valence-electron chi connectivity index (χ1n) is 4.12. The van der Waals surface area contributed by atoms with Crippen molar-refractivity contribution in [2.24, 2.45) is 0 Å². The lowest BCUT2D eigenvalue weighted by molar-refractivity contribution is 0.211. The van der Waals surface area contributed by atoms with Gasteiger partial charge in [0.25, 0.3) is 0 Å². The van der Waals surface area contributed by atoms with Crippen LogP contribution in [-0.4, -0.2) is 20.3 Å². The van der Waals surface area contributed by atoms with Crippen molar-refractivity contribution in [2.45, 2.75) is 6.92 Å². The average molecular weight is 165 g/mol. The second-order valence-corrected chi connectivity index (χ2v) is 2.79. The van der Waals surface area contributed by atoms with Crippen LogP contribution in [0.25, 0.3) is 0 Å². The van der Waals surface area contributed by atoms with Crippen LogP contribution >= 0.6 is 0 Å². The number of hydrogen-bond donors (Lipinski definition) is 1. The molecule has 0 atom stereocenters. The molecule has 2 heteroatoms.